The Labute approximate surface area is 117 Å². The summed E-state index contributed by atoms with van der Waals surface area (Å²) in [6, 6.07) is 13.3. The van der Waals surface area contributed by atoms with Crippen LogP contribution >= 0.6 is 11.6 Å². The maximum absolute atomic E-state index is 12.0. The van der Waals surface area contributed by atoms with Crippen molar-refractivity contribution in [3.8, 4) is 0 Å². The summed E-state index contributed by atoms with van der Waals surface area (Å²) in [7, 11) is -3.47. The first-order valence-electron chi connectivity index (χ1n) is 5.55. The van der Waals surface area contributed by atoms with Crippen LogP contribution in [0.15, 0.2) is 48.5 Å². The lowest BCUT2D eigenvalue weighted by Gasteiger charge is -2.08. The van der Waals surface area contributed by atoms with Gasteiger partial charge in [0.2, 0.25) is 10.0 Å². The number of benzene rings is 2. The molecule has 0 amide bonds. The number of nitrogens with one attached hydrogen (secondary N) is 1. The first kappa shape index (κ1) is 13.7. The summed E-state index contributed by atoms with van der Waals surface area (Å²) < 4.78 is 26.4. The van der Waals surface area contributed by atoms with E-state index in [4.69, 9.17) is 17.3 Å². The Kier molecular flexibility index (Phi) is 3.97. The normalized spacial score (nSPS) is 11.2. The van der Waals surface area contributed by atoms with Gasteiger partial charge < -0.3 is 5.73 Å². The minimum Gasteiger partial charge on any atom is -0.399 e. The summed E-state index contributed by atoms with van der Waals surface area (Å²) in [6.07, 6.45) is 0. The Bertz CT molecular complexity index is 669. The second-order valence-corrected chi connectivity index (χ2v) is 6.27. The lowest BCUT2D eigenvalue weighted by Crippen LogP contribution is -2.15. The summed E-state index contributed by atoms with van der Waals surface area (Å²) in [5, 5.41) is 0.554. The Morgan fingerprint density at radius 3 is 2.42 bits per heavy atom. The molecule has 0 saturated heterocycles. The van der Waals surface area contributed by atoms with Crippen molar-refractivity contribution in [2.24, 2.45) is 0 Å². The van der Waals surface area contributed by atoms with Gasteiger partial charge >= 0.3 is 0 Å². The number of halogens is 1. The van der Waals surface area contributed by atoms with Crippen LogP contribution in [0.4, 0.5) is 11.4 Å². The van der Waals surface area contributed by atoms with Crippen LogP contribution < -0.4 is 10.5 Å². The van der Waals surface area contributed by atoms with Gasteiger partial charge in [-0.2, -0.15) is 0 Å². The average molecular weight is 297 g/mol. The summed E-state index contributed by atoms with van der Waals surface area (Å²) in [6.45, 7) is 0. The molecule has 100 valence electrons. The van der Waals surface area contributed by atoms with Gasteiger partial charge in [0.1, 0.15) is 0 Å². The topological polar surface area (TPSA) is 72.2 Å². The minimum atomic E-state index is -3.47. The fourth-order valence-corrected chi connectivity index (χ4v) is 2.95. The Balaban J connectivity index is 2.13. The molecule has 3 N–H and O–H groups in total. The van der Waals surface area contributed by atoms with Crippen molar-refractivity contribution < 1.29 is 8.42 Å². The maximum atomic E-state index is 12.0. The van der Waals surface area contributed by atoms with Crippen molar-refractivity contribution in [3.05, 3.63) is 59.1 Å². The summed E-state index contributed by atoms with van der Waals surface area (Å²) in [5.74, 6) is -0.124. The largest absolute Gasteiger partial charge is 0.399 e. The molecule has 0 saturated carbocycles. The second kappa shape index (κ2) is 5.50. The van der Waals surface area contributed by atoms with Gasteiger partial charge in [0.05, 0.1) is 5.75 Å². The van der Waals surface area contributed by atoms with E-state index in [0.717, 1.165) is 0 Å². The lowest BCUT2D eigenvalue weighted by atomic mass is 10.2. The molecule has 0 spiro atoms. The van der Waals surface area contributed by atoms with Gasteiger partial charge in [-0.15, -0.1) is 0 Å². The highest BCUT2D eigenvalue weighted by Gasteiger charge is 2.11. The van der Waals surface area contributed by atoms with Crippen LogP contribution in [0, 0.1) is 0 Å². The van der Waals surface area contributed by atoms with Gasteiger partial charge in [-0.05, 0) is 42.0 Å². The lowest BCUT2D eigenvalue weighted by molar-refractivity contribution is 0.600. The Morgan fingerprint density at radius 2 is 1.79 bits per heavy atom. The molecule has 0 aromatic heterocycles. The molecule has 2 aromatic rings. The average Bonchev–Trinajstić information content (AvgIpc) is 2.31. The van der Waals surface area contributed by atoms with Crippen molar-refractivity contribution in [1.82, 2.24) is 0 Å². The number of hydrogen-bond acceptors (Lipinski definition) is 3. The van der Waals surface area contributed by atoms with Crippen LogP contribution in [-0.2, 0) is 15.8 Å². The Hall–Kier alpha value is -1.72. The highest BCUT2D eigenvalue weighted by atomic mass is 35.5. The van der Waals surface area contributed by atoms with E-state index in [1.54, 1.807) is 48.5 Å². The van der Waals surface area contributed by atoms with Crippen molar-refractivity contribution in [2.45, 2.75) is 5.75 Å². The third kappa shape index (κ3) is 4.15. The van der Waals surface area contributed by atoms with E-state index >= 15 is 0 Å². The predicted octanol–water partition coefficient (Wildman–Crippen LogP) is 2.86. The molecular weight excluding hydrogens is 284 g/mol. The molecule has 19 heavy (non-hydrogen) atoms. The molecule has 0 unspecified atom stereocenters. The van der Waals surface area contributed by atoms with Gasteiger partial charge in [0, 0.05) is 16.4 Å². The molecule has 2 rings (SSSR count). The third-order valence-electron chi connectivity index (χ3n) is 2.43. The molecule has 0 aliphatic rings. The smallest absolute Gasteiger partial charge is 0.236 e. The zero-order valence-corrected chi connectivity index (χ0v) is 11.6. The molecule has 6 heteroatoms. The Morgan fingerprint density at radius 1 is 1.11 bits per heavy atom. The van der Waals surface area contributed by atoms with Crippen molar-refractivity contribution in [2.75, 3.05) is 10.5 Å². The molecule has 0 bridgehead atoms. The quantitative estimate of drug-likeness (QED) is 0.852. The predicted molar refractivity (Wildman–Crippen MR) is 78.6 cm³/mol. The van der Waals surface area contributed by atoms with Crippen molar-refractivity contribution in [1.29, 1.82) is 0 Å². The minimum absolute atomic E-state index is 0.124. The number of sulfonamides is 1. The highest BCUT2D eigenvalue weighted by molar-refractivity contribution is 7.91. The van der Waals surface area contributed by atoms with Crippen molar-refractivity contribution >= 4 is 33.0 Å². The van der Waals surface area contributed by atoms with E-state index in [2.05, 4.69) is 4.72 Å². The first-order valence-corrected chi connectivity index (χ1v) is 7.58. The van der Waals surface area contributed by atoms with Crippen LogP contribution in [-0.4, -0.2) is 8.42 Å². The molecule has 2 aromatic carbocycles. The highest BCUT2D eigenvalue weighted by Crippen LogP contribution is 2.17. The van der Waals surface area contributed by atoms with Gasteiger partial charge in [-0.25, -0.2) is 8.42 Å². The van der Waals surface area contributed by atoms with Crippen LogP contribution in [0.25, 0.3) is 0 Å². The SMILES string of the molecule is Nc1cccc(CS(=O)(=O)Nc2ccc(Cl)cc2)c1. The van der Waals surface area contributed by atoms with E-state index in [0.29, 0.717) is 22.0 Å². The summed E-state index contributed by atoms with van der Waals surface area (Å²) in [5.41, 5.74) is 7.28. The molecular formula is C13H13ClN2O2S. The zero-order valence-electron chi connectivity index (χ0n) is 10.0. The van der Waals surface area contributed by atoms with Crippen LogP contribution in [0.3, 0.4) is 0 Å². The zero-order chi connectivity index (χ0) is 13.9. The molecule has 0 radical (unpaired) electrons. The van der Waals surface area contributed by atoms with Gasteiger partial charge in [-0.1, -0.05) is 23.7 Å². The third-order valence-corrected chi connectivity index (χ3v) is 3.94. The van der Waals surface area contributed by atoms with Crippen LogP contribution in [0.2, 0.25) is 5.02 Å². The van der Waals surface area contributed by atoms with E-state index in [9.17, 15) is 8.42 Å². The fraction of sp³-hybridized carbons (Fsp3) is 0.0769. The van der Waals surface area contributed by atoms with Crippen LogP contribution in [0.5, 0.6) is 0 Å². The van der Waals surface area contributed by atoms with Gasteiger partial charge in [0.15, 0.2) is 0 Å². The fourth-order valence-electron chi connectivity index (χ4n) is 1.64. The number of hydrogen-bond donors (Lipinski definition) is 2. The summed E-state index contributed by atoms with van der Waals surface area (Å²) >= 11 is 5.74. The molecule has 0 aliphatic heterocycles. The molecule has 0 aliphatic carbocycles. The molecule has 0 heterocycles. The van der Waals surface area contributed by atoms with Gasteiger partial charge in [-0.3, -0.25) is 4.72 Å². The number of rotatable bonds is 4. The van der Waals surface area contributed by atoms with E-state index < -0.39 is 10.0 Å². The van der Waals surface area contributed by atoms with Crippen LogP contribution in [0.1, 0.15) is 5.56 Å². The van der Waals surface area contributed by atoms with E-state index in [1.165, 1.54) is 0 Å². The van der Waals surface area contributed by atoms with E-state index in [-0.39, 0.29) is 5.75 Å². The van der Waals surface area contributed by atoms with Crippen molar-refractivity contribution in [3.63, 3.8) is 0 Å². The molecule has 0 atom stereocenters. The van der Waals surface area contributed by atoms with Gasteiger partial charge in [0.25, 0.3) is 0 Å². The molecule has 0 fully saturated rings. The summed E-state index contributed by atoms with van der Waals surface area (Å²) in [4.78, 5) is 0. The maximum Gasteiger partial charge on any atom is 0.236 e. The first-order chi connectivity index (χ1) is 8.94. The second-order valence-electron chi connectivity index (χ2n) is 4.11. The van der Waals surface area contributed by atoms with E-state index in [1.807, 2.05) is 0 Å². The standard InChI is InChI=1S/C13H13ClN2O2S/c14-11-4-6-13(7-5-11)16-19(17,18)9-10-2-1-3-12(15)8-10/h1-8,16H,9,15H2. The number of nitrogen functional groups attached to an aromatic ring is 1. The number of anilines is 2. The molecule has 4 nitrogen and oxygen atoms in total. The monoisotopic (exact) mass is 296 g/mol. The number of nitrogens with two attached hydrogens (primary N) is 1.